The fraction of sp³-hybridized carbons (Fsp3) is 0.385. The standard InChI is InChI=1S/C13H17ClN2O2S/c1-3-16(4-2)12(17)8-15-13(18)10-7-9(19)5-6-11(10)14/h5-7,19H,3-4,8H2,1-2H3,(H,15,18). The highest BCUT2D eigenvalue weighted by Gasteiger charge is 2.14. The van der Waals surface area contributed by atoms with Gasteiger partial charge in [-0.05, 0) is 32.0 Å². The molecule has 4 nitrogen and oxygen atoms in total. The Balaban J connectivity index is 2.65. The molecule has 0 saturated heterocycles. The minimum Gasteiger partial charge on any atom is -0.343 e. The number of carbonyl (C=O) groups excluding carboxylic acids is 2. The Morgan fingerprint density at radius 3 is 2.53 bits per heavy atom. The van der Waals surface area contributed by atoms with Gasteiger partial charge in [-0.25, -0.2) is 0 Å². The summed E-state index contributed by atoms with van der Waals surface area (Å²) in [7, 11) is 0. The zero-order chi connectivity index (χ0) is 14.4. The van der Waals surface area contributed by atoms with E-state index in [0.717, 1.165) is 0 Å². The highest BCUT2D eigenvalue weighted by Crippen LogP contribution is 2.19. The minimum absolute atomic E-state index is 0.0341. The van der Waals surface area contributed by atoms with Crippen molar-refractivity contribution in [2.45, 2.75) is 18.7 Å². The number of thiol groups is 1. The zero-order valence-corrected chi connectivity index (χ0v) is 12.6. The molecule has 0 aliphatic rings. The number of nitrogens with zero attached hydrogens (tertiary/aromatic N) is 1. The number of nitrogens with one attached hydrogen (secondary N) is 1. The molecule has 1 N–H and O–H groups in total. The number of hydrogen-bond acceptors (Lipinski definition) is 3. The summed E-state index contributed by atoms with van der Waals surface area (Å²) in [6, 6.07) is 4.87. The number of likely N-dealkylation sites (N-methyl/N-ethyl adjacent to an activating group) is 1. The first-order valence-corrected chi connectivity index (χ1v) is 6.86. The van der Waals surface area contributed by atoms with E-state index in [2.05, 4.69) is 17.9 Å². The SMILES string of the molecule is CCN(CC)C(=O)CNC(=O)c1cc(S)ccc1Cl. The molecule has 0 fully saturated rings. The molecule has 1 aromatic rings. The second kappa shape index (κ2) is 7.40. The number of benzene rings is 1. The number of rotatable bonds is 5. The van der Waals surface area contributed by atoms with Crippen LogP contribution in [-0.4, -0.2) is 36.3 Å². The van der Waals surface area contributed by atoms with Gasteiger partial charge in [0.05, 0.1) is 17.1 Å². The third kappa shape index (κ3) is 4.44. The van der Waals surface area contributed by atoms with Gasteiger partial charge < -0.3 is 10.2 Å². The van der Waals surface area contributed by atoms with E-state index in [1.165, 1.54) is 0 Å². The third-order valence-corrected chi connectivity index (χ3v) is 3.32. The summed E-state index contributed by atoms with van der Waals surface area (Å²) in [4.78, 5) is 26.0. The van der Waals surface area contributed by atoms with Crippen molar-refractivity contribution in [3.8, 4) is 0 Å². The van der Waals surface area contributed by atoms with E-state index >= 15 is 0 Å². The largest absolute Gasteiger partial charge is 0.343 e. The molecule has 0 spiro atoms. The summed E-state index contributed by atoms with van der Waals surface area (Å²) in [5.41, 5.74) is 0.321. The molecule has 104 valence electrons. The molecular weight excluding hydrogens is 284 g/mol. The number of amides is 2. The van der Waals surface area contributed by atoms with Gasteiger partial charge in [-0.2, -0.15) is 0 Å². The molecule has 0 atom stereocenters. The molecule has 0 aliphatic heterocycles. The van der Waals surface area contributed by atoms with E-state index in [-0.39, 0.29) is 18.4 Å². The molecule has 0 radical (unpaired) electrons. The maximum Gasteiger partial charge on any atom is 0.253 e. The lowest BCUT2D eigenvalue weighted by molar-refractivity contribution is -0.129. The maximum atomic E-state index is 11.9. The lowest BCUT2D eigenvalue weighted by Gasteiger charge is -2.18. The second-order valence-corrected chi connectivity index (χ2v) is 4.84. The van der Waals surface area contributed by atoms with Crippen molar-refractivity contribution in [1.82, 2.24) is 10.2 Å². The molecule has 0 aliphatic carbocycles. The topological polar surface area (TPSA) is 49.4 Å². The van der Waals surface area contributed by atoms with Crippen LogP contribution in [0.15, 0.2) is 23.1 Å². The minimum atomic E-state index is -0.374. The predicted octanol–water partition coefficient (Wildman–Crippen LogP) is 2.23. The van der Waals surface area contributed by atoms with Crippen LogP contribution in [0.1, 0.15) is 24.2 Å². The van der Waals surface area contributed by atoms with Crippen molar-refractivity contribution in [2.24, 2.45) is 0 Å². The Hall–Kier alpha value is -1.20. The summed E-state index contributed by atoms with van der Waals surface area (Å²) in [6.07, 6.45) is 0. The first-order chi connectivity index (χ1) is 8.99. The average Bonchev–Trinajstić information content (AvgIpc) is 2.40. The van der Waals surface area contributed by atoms with Crippen LogP contribution in [0, 0.1) is 0 Å². The van der Waals surface area contributed by atoms with Crippen LogP contribution >= 0.6 is 24.2 Å². The molecule has 6 heteroatoms. The van der Waals surface area contributed by atoms with Crippen molar-refractivity contribution in [1.29, 1.82) is 0 Å². The van der Waals surface area contributed by atoms with Crippen LogP contribution in [0.5, 0.6) is 0 Å². The van der Waals surface area contributed by atoms with E-state index in [1.807, 2.05) is 13.8 Å². The maximum absolute atomic E-state index is 11.9. The van der Waals surface area contributed by atoms with Crippen LogP contribution in [-0.2, 0) is 4.79 Å². The number of hydrogen-bond donors (Lipinski definition) is 2. The monoisotopic (exact) mass is 300 g/mol. The van der Waals surface area contributed by atoms with Crippen LogP contribution < -0.4 is 5.32 Å². The Kier molecular flexibility index (Phi) is 6.18. The molecule has 1 aromatic carbocycles. The summed E-state index contributed by atoms with van der Waals surface area (Å²) in [5, 5.41) is 2.91. The van der Waals surface area contributed by atoms with Crippen molar-refractivity contribution in [2.75, 3.05) is 19.6 Å². The van der Waals surface area contributed by atoms with Gasteiger partial charge in [0, 0.05) is 18.0 Å². The van der Waals surface area contributed by atoms with Crippen LogP contribution in [0.3, 0.4) is 0 Å². The highest BCUT2D eigenvalue weighted by atomic mass is 35.5. The third-order valence-electron chi connectivity index (χ3n) is 2.71. The van der Waals surface area contributed by atoms with Gasteiger partial charge in [-0.3, -0.25) is 9.59 Å². The first-order valence-electron chi connectivity index (χ1n) is 6.04. The van der Waals surface area contributed by atoms with E-state index < -0.39 is 0 Å². The second-order valence-electron chi connectivity index (χ2n) is 3.91. The van der Waals surface area contributed by atoms with E-state index in [9.17, 15) is 9.59 Å². The Bertz CT molecular complexity index is 476. The van der Waals surface area contributed by atoms with Gasteiger partial charge >= 0.3 is 0 Å². The molecule has 19 heavy (non-hydrogen) atoms. The number of halogens is 1. The van der Waals surface area contributed by atoms with Gasteiger partial charge in [0.1, 0.15) is 0 Å². The Labute approximate surface area is 123 Å². The smallest absolute Gasteiger partial charge is 0.253 e. The summed E-state index contributed by atoms with van der Waals surface area (Å²) < 4.78 is 0. The Morgan fingerprint density at radius 1 is 1.32 bits per heavy atom. The molecule has 0 aromatic heterocycles. The van der Waals surface area contributed by atoms with Gasteiger partial charge in [0.15, 0.2) is 0 Å². The van der Waals surface area contributed by atoms with Gasteiger partial charge in [0.2, 0.25) is 5.91 Å². The van der Waals surface area contributed by atoms with E-state index in [1.54, 1.807) is 23.1 Å². The van der Waals surface area contributed by atoms with Crippen LogP contribution in [0.25, 0.3) is 0 Å². The molecule has 2 amide bonds. The average molecular weight is 301 g/mol. The first kappa shape index (κ1) is 15.9. The van der Waals surface area contributed by atoms with Crippen molar-refractivity contribution in [3.05, 3.63) is 28.8 Å². The lowest BCUT2D eigenvalue weighted by Crippen LogP contribution is -2.40. The van der Waals surface area contributed by atoms with Crippen molar-refractivity contribution in [3.63, 3.8) is 0 Å². The quantitative estimate of drug-likeness (QED) is 0.819. The number of carbonyl (C=O) groups is 2. The molecule has 0 bridgehead atoms. The molecule has 0 heterocycles. The fourth-order valence-electron chi connectivity index (χ4n) is 1.63. The molecular formula is C13H17ClN2O2S. The summed E-state index contributed by atoms with van der Waals surface area (Å²) >= 11 is 10.1. The predicted molar refractivity (Wildman–Crippen MR) is 79.0 cm³/mol. The van der Waals surface area contributed by atoms with Crippen LogP contribution in [0.2, 0.25) is 5.02 Å². The van der Waals surface area contributed by atoms with Gasteiger partial charge in [0.25, 0.3) is 5.91 Å². The summed E-state index contributed by atoms with van der Waals surface area (Å²) in [6.45, 7) is 5.00. The van der Waals surface area contributed by atoms with E-state index in [0.29, 0.717) is 28.6 Å². The van der Waals surface area contributed by atoms with Crippen molar-refractivity contribution >= 4 is 36.0 Å². The normalized spacial score (nSPS) is 10.1. The highest BCUT2D eigenvalue weighted by molar-refractivity contribution is 7.80. The lowest BCUT2D eigenvalue weighted by atomic mass is 10.2. The molecule has 0 saturated carbocycles. The van der Waals surface area contributed by atoms with Crippen molar-refractivity contribution < 1.29 is 9.59 Å². The Morgan fingerprint density at radius 2 is 1.95 bits per heavy atom. The molecule has 0 unspecified atom stereocenters. The summed E-state index contributed by atoms with van der Waals surface area (Å²) in [5.74, 6) is -0.488. The van der Waals surface area contributed by atoms with Crippen LogP contribution in [0.4, 0.5) is 0 Å². The zero-order valence-electron chi connectivity index (χ0n) is 10.9. The van der Waals surface area contributed by atoms with E-state index in [4.69, 9.17) is 11.6 Å². The van der Waals surface area contributed by atoms with Gasteiger partial charge in [-0.15, -0.1) is 12.6 Å². The fourth-order valence-corrected chi connectivity index (χ4v) is 2.03. The molecule has 1 rings (SSSR count). The van der Waals surface area contributed by atoms with Gasteiger partial charge in [-0.1, -0.05) is 11.6 Å².